The Labute approximate surface area is 153 Å². The van der Waals surface area contributed by atoms with Gasteiger partial charge in [0.05, 0.1) is 6.04 Å². The number of carbonyl (C=O) groups is 3. The normalized spacial score (nSPS) is 15.0. The van der Waals surface area contributed by atoms with Gasteiger partial charge in [0.25, 0.3) is 0 Å². The van der Waals surface area contributed by atoms with Gasteiger partial charge in [0.2, 0.25) is 5.91 Å². The minimum absolute atomic E-state index is 0.00749. The van der Waals surface area contributed by atoms with Crippen molar-refractivity contribution in [1.82, 2.24) is 10.2 Å². The summed E-state index contributed by atoms with van der Waals surface area (Å²) < 4.78 is 5.36. The van der Waals surface area contributed by atoms with Crippen LogP contribution in [0.25, 0.3) is 0 Å². The highest BCUT2D eigenvalue weighted by Crippen LogP contribution is 2.28. The molecule has 2 rings (SSSR count). The van der Waals surface area contributed by atoms with Crippen molar-refractivity contribution in [3.05, 3.63) is 35.9 Å². The van der Waals surface area contributed by atoms with E-state index in [-0.39, 0.29) is 19.0 Å². The lowest BCUT2D eigenvalue weighted by Gasteiger charge is -2.28. The van der Waals surface area contributed by atoms with Gasteiger partial charge >= 0.3 is 6.09 Å². The van der Waals surface area contributed by atoms with Crippen molar-refractivity contribution in [3.63, 3.8) is 0 Å². The summed E-state index contributed by atoms with van der Waals surface area (Å²) in [7, 11) is 0. The van der Waals surface area contributed by atoms with Gasteiger partial charge in [-0.3, -0.25) is 9.69 Å². The summed E-state index contributed by atoms with van der Waals surface area (Å²) in [5.74, 6) is -1.69. The fourth-order valence-electron chi connectivity index (χ4n) is 2.55. The Hall–Kier alpha value is -2.57. The van der Waals surface area contributed by atoms with Crippen molar-refractivity contribution in [1.29, 1.82) is 0 Å². The van der Waals surface area contributed by atoms with Crippen LogP contribution >= 0.6 is 0 Å². The third kappa shape index (κ3) is 6.38. The molecule has 7 nitrogen and oxygen atoms in total. The van der Waals surface area contributed by atoms with Gasteiger partial charge in [0.1, 0.15) is 12.1 Å². The van der Waals surface area contributed by atoms with E-state index in [1.165, 1.54) is 4.90 Å². The zero-order valence-electron chi connectivity index (χ0n) is 15.4. The number of carboxylic acids is 1. The van der Waals surface area contributed by atoms with E-state index in [2.05, 4.69) is 5.32 Å². The minimum Gasteiger partial charge on any atom is -0.550 e. The number of aliphatic carboxylic acids is 1. The summed E-state index contributed by atoms with van der Waals surface area (Å²) in [4.78, 5) is 37.2. The molecule has 1 unspecified atom stereocenters. The average molecular weight is 361 g/mol. The van der Waals surface area contributed by atoms with E-state index in [1.807, 2.05) is 0 Å². The van der Waals surface area contributed by atoms with Crippen molar-refractivity contribution in [2.45, 2.75) is 57.7 Å². The molecule has 0 aliphatic heterocycles. The maximum absolute atomic E-state index is 12.4. The molecule has 0 bridgehead atoms. The van der Waals surface area contributed by atoms with Gasteiger partial charge in [-0.2, -0.15) is 0 Å². The number of nitrogens with zero attached hydrogens (tertiary/aromatic N) is 1. The summed E-state index contributed by atoms with van der Waals surface area (Å²) in [6.07, 6.45) is 0.777. The number of carboxylic acid groups (broad SMARTS) is 1. The molecule has 2 amide bonds. The molecule has 142 valence electrons. The number of hydrogen-bond donors (Lipinski definition) is 1. The Kier molecular flexibility index (Phi) is 6.23. The molecule has 0 aromatic heterocycles. The monoisotopic (exact) mass is 361 g/mol. The smallest absolute Gasteiger partial charge is 0.411 e. The highest BCUT2D eigenvalue weighted by molar-refractivity contribution is 5.83. The summed E-state index contributed by atoms with van der Waals surface area (Å²) >= 11 is 0. The van der Waals surface area contributed by atoms with Crippen LogP contribution in [0.1, 0.15) is 51.6 Å². The largest absolute Gasteiger partial charge is 0.550 e. The van der Waals surface area contributed by atoms with E-state index in [4.69, 9.17) is 4.74 Å². The molecule has 0 saturated heterocycles. The van der Waals surface area contributed by atoms with Crippen LogP contribution in [0, 0.1) is 0 Å². The van der Waals surface area contributed by atoms with Crippen LogP contribution in [0.4, 0.5) is 4.79 Å². The maximum atomic E-state index is 12.4. The van der Waals surface area contributed by atoms with Gasteiger partial charge in [-0.05, 0) is 39.2 Å². The van der Waals surface area contributed by atoms with Crippen LogP contribution in [-0.2, 0) is 14.3 Å². The van der Waals surface area contributed by atoms with Gasteiger partial charge in [0, 0.05) is 18.4 Å². The molecule has 26 heavy (non-hydrogen) atoms. The lowest BCUT2D eigenvalue weighted by molar-refractivity contribution is -0.306. The van der Waals surface area contributed by atoms with E-state index in [9.17, 15) is 19.5 Å². The van der Waals surface area contributed by atoms with Crippen LogP contribution in [0.15, 0.2) is 30.3 Å². The number of ether oxygens (including phenoxy) is 1. The van der Waals surface area contributed by atoms with Gasteiger partial charge in [-0.1, -0.05) is 30.3 Å². The van der Waals surface area contributed by atoms with E-state index < -0.39 is 29.6 Å². The van der Waals surface area contributed by atoms with Gasteiger partial charge in [-0.15, -0.1) is 0 Å². The fourth-order valence-corrected chi connectivity index (χ4v) is 2.55. The molecule has 7 heteroatoms. The number of amides is 2. The van der Waals surface area contributed by atoms with Crippen molar-refractivity contribution < 1.29 is 24.2 Å². The van der Waals surface area contributed by atoms with Crippen LogP contribution in [0.2, 0.25) is 0 Å². The first-order valence-corrected chi connectivity index (χ1v) is 8.69. The molecule has 1 saturated carbocycles. The van der Waals surface area contributed by atoms with Crippen molar-refractivity contribution in [2.24, 2.45) is 0 Å². The molecule has 1 aliphatic rings. The molecule has 1 atom stereocenters. The zero-order chi connectivity index (χ0) is 19.3. The van der Waals surface area contributed by atoms with Gasteiger partial charge < -0.3 is 20.0 Å². The maximum Gasteiger partial charge on any atom is 0.411 e. The number of carbonyl (C=O) groups excluding carboxylic acids is 3. The summed E-state index contributed by atoms with van der Waals surface area (Å²) in [5, 5.41) is 13.7. The highest BCUT2D eigenvalue weighted by Gasteiger charge is 2.36. The zero-order valence-corrected chi connectivity index (χ0v) is 15.4. The Balaban J connectivity index is 2.03. The van der Waals surface area contributed by atoms with E-state index >= 15 is 0 Å². The second-order valence-electron chi connectivity index (χ2n) is 7.45. The second-order valence-corrected chi connectivity index (χ2v) is 7.45. The second kappa shape index (κ2) is 8.21. The molecular formula is C19H25N2O5-. The number of benzene rings is 1. The van der Waals surface area contributed by atoms with E-state index in [1.54, 1.807) is 51.1 Å². The predicted molar refractivity (Wildman–Crippen MR) is 92.9 cm³/mol. The first-order valence-electron chi connectivity index (χ1n) is 8.69. The van der Waals surface area contributed by atoms with Crippen LogP contribution in [-0.4, -0.2) is 41.1 Å². The first kappa shape index (κ1) is 19.8. The van der Waals surface area contributed by atoms with Crippen LogP contribution < -0.4 is 10.4 Å². The van der Waals surface area contributed by atoms with Crippen LogP contribution in [0.3, 0.4) is 0 Å². The average Bonchev–Trinajstić information content (AvgIpc) is 3.35. The Bertz CT molecular complexity index is 650. The van der Waals surface area contributed by atoms with Crippen LogP contribution in [0.5, 0.6) is 0 Å². The molecule has 1 fully saturated rings. The lowest BCUT2D eigenvalue weighted by Crippen LogP contribution is -2.45. The Morgan fingerprint density at radius 1 is 1.23 bits per heavy atom. The topological polar surface area (TPSA) is 98.8 Å². The standard InChI is InChI=1S/C19H26N2O5/c1-19(2,3)26-18(25)21(14-9-10-14)12-16(22)20-15(11-17(23)24)13-7-5-4-6-8-13/h4-8,14-15H,9-12H2,1-3H3,(H,20,22)(H,23,24)/p-1. The Morgan fingerprint density at radius 3 is 2.35 bits per heavy atom. The molecule has 1 N–H and O–H groups in total. The molecule has 1 aromatic carbocycles. The lowest BCUT2D eigenvalue weighted by atomic mass is 10.0. The van der Waals surface area contributed by atoms with Crippen molar-refractivity contribution in [3.8, 4) is 0 Å². The molecule has 1 aromatic rings. The third-order valence-corrected chi connectivity index (χ3v) is 3.84. The summed E-state index contributed by atoms with van der Waals surface area (Å²) in [6, 6.07) is 8.09. The number of hydrogen-bond acceptors (Lipinski definition) is 5. The highest BCUT2D eigenvalue weighted by atomic mass is 16.6. The van der Waals surface area contributed by atoms with Crippen molar-refractivity contribution in [2.75, 3.05) is 6.54 Å². The third-order valence-electron chi connectivity index (χ3n) is 3.84. The van der Waals surface area contributed by atoms with E-state index in [0.717, 1.165) is 12.8 Å². The molecular weight excluding hydrogens is 336 g/mol. The quantitative estimate of drug-likeness (QED) is 0.791. The SMILES string of the molecule is CC(C)(C)OC(=O)N(CC(=O)NC(CC(=O)[O-])c1ccccc1)C1CC1. The Morgan fingerprint density at radius 2 is 1.85 bits per heavy atom. The van der Waals surface area contributed by atoms with Gasteiger partial charge in [0.15, 0.2) is 0 Å². The molecule has 0 radical (unpaired) electrons. The van der Waals surface area contributed by atoms with E-state index in [0.29, 0.717) is 5.56 Å². The number of rotatable bonds is 7. The first-order chi connectivity index (χ1) is 12.2. The fraction of sp³-hybridized carbons (Fsp3) is 0.526. The molecule has 0 spiro atoms. The predicted octanol–water partition coefficient (Wildman–Crippen LogP) is 1.38. The van der Waals surface area contributed by atoms with Gasteiger partial charge in [-0.25, -0.2) is 4.79 Å². The van der Waals surface area contributed by atoms with Crippen molar-refractivity contribution >= 4 is 18.0 Å². The molecule has 1 aliphatic carbocycles. The minimum atomic E-state index is -1.26. The molecule has 0 heterocycles. The summed E-state index contributed by atoms with van der Waals surface area (Å²) in [5.41, 5.74) is 0.0164. The summed E-state index contributed by atoms with van der Waals surface area (Å²) in [6.45, 7) is 5.12. The number of nitrogens with one attached hydrogen (secondary N) is 1.